The Labute approximate surface area is 336 Å². The van der Waals surface area contributed by atoms with Gasteiger partial charge in [-0.1, -0.05) is 112 Å². The van der Waals surface area contributed by atoms with E-state index < -0.39 is 23.4 Å². The van der Waals surface area contributed by atoms with Crippen LogP contribution in [0.25, 0.3) is 21.5 Å². The molecule has 56 heavy (non-hydrogen) atoms. The Hall–Kier alpha value is -2.28. The highest BCUT2D eigenvalue weighted by atomic mass is 31.2. The van der Waals surface area contributed by atoms with Crippen molar-refractivity contribution in [2.45, 2.75) is 104 Å². The molecule has 0 fully saturated rings. The molecule has 0 bridgehead atoms. The quantitative estimate of drug-likeness (QED) is 0.0351. The lowest BCUT2D eigenvalue weighted by Crippen LogP contribution is -2.04. The zero-order valence-corrected chi connectivity index (χ0v) is 36.3. The van der Waals surface area contributed by atoms with Crippen LogP contribution in [0.3, 0.4) is 0 Å². The zero-order valence-electron chi connectivity index (χ0n) is 33.7. The lowest BCUT2D eigenvalue weighted by atomic mass is 10.0. The van der Waals surface area contributed by atoms with E-state index in [2.05, 4.69) is 84.9 Å². The molecule has 0 heterocycles. The van der Waals surface area contributed by atoms with Crippen LogP contribution < -0.4 is 0 Å². The minimum Gasteiger partial charge on any atom is -0.309 e. The third kappa shape index (κ3) is 18.1. The van der Waals surface area contributed by atoms with Gasteiger partial charge in [0.15, 0.2) is 0 Å². The smallest absolute Gasteiger partial charge is 0.309 e. The first-order valence-corrected chi connectivity index (χ1v) is 25.3. The van der Waals surface area contributed by atoms with Gasteiger partial charge >= 0.3 is 23.4 Å². The predicted octanol–water partition coefficient (Wildman–Crippen LogP) is 13.6. The molecule has 2 unspecified atom stereocenters. The van der Waals surface area contributed by atoms with E-state index in [1.54, 1.807) is 0 Å². The average molecular weight is 830 g/mol. The number of fused-ring (bicyclic) bond motifs is 2. The molecule has 0 amide bonds. The van der Waals surface area contributed by atoms with Crippen molar-refractivity contribution < 1.29 is 40.8 Å². The molecule has 0 aliphatic rings. The standard InChI is InChI=1S/C44H64O9P3/c1-3-29-50-55(46,52-33-15-11-19-39-25-27-41-21-7-9-23-43(41)37-39)35-17-5-13-31-48-54(45)49-32-14-6-18-36-56(47,51-30-4-2)53-34-16-12-20-40-26-28-42-22-8-10-24-44(42)38-40/h7-10,21-28,37-38H,3-6,11-20,29-36H2,1-2H3/q+1. The van der Waals surface area contributed by atoms with E-state index in [0.29, 0.717) is 77.6 Å². The van der Waals surface area contributed by atoms with Gasteiger partial charge in [0.25, 0.3) is 0 Å². The fourth-order valence-electron chi connectivity index (χ4n) is 6.34. The number of benzene rings is 4. The lowest BCUT2D eigenvalue weighted by Gasteiger charge is -2.18. The molecule has 4 aromatic rings. The maximum absolute atomic E-state index is 13.4. The topological polar surface area (TPSA) is 107 Å². The molecule has 12 heteroatoms. The first kappa shape index (κ1) is 46.4. The summed E-state index contributed by atoms with van der Waals surface area (Å²) >= 11 is 0. The van der Waals surface area contributed by atoms with Gasteiger partial charge in [-0.3, -0.25) is 9.13 Å². The van der Waals surface area contributed by atoms with E-state index in [1.165, 1.54) is 32.7 Å². The molecule has 4 aromatic carbocycles. The number of hydrogen-bond donors (Lipinski definition) is 0. The summed E-state index contributed by atoms with van der Waals surface area (Å²) in [7, 11) is -8.56. The Morgan fingerprint density at radius 2 is 0.839 bits per heavy atom. The fourth-order valence-corrected chi connectivity index (χ4v) is 10.6. The molecule has 0 N–H and O–H groups in total. The summed E-state index contributed by atoms with van der Waals surface area (Å²) in [5, 5.41) is 4.97. The highest BCUT2D eigenvalue weighted by Crippen LogP contribution is 2.50. The molecule has 2 atom stereocenters. The van der Waals surface area contributed by atoms with Crippen molar-refractivity contribution in [3.8, 4) is 0 Å². The SMILES string of the molecule is CCCOP(=O)(CCCCCO[P+](=O)OCCCCCP(=O)(OCCC)OCCCCc1ccc2ccccc2c1)OCCCCc1ccc2ccccc2c1. The van der Waals surface area contributed by atoms with Gasteiger partial charge in [-0.05, 0) is 110 Å². The van der Waals surface area contributed by atoms with Crippen LogP contribution in [0.4, 0.5) is 0 Å². The first-order valence-electron chi connectivity index (χ1n) is 20.8. The Morgan fingerprint density at radius 3 is 1.27 bits per heavy atom. The lowest BCUT2D eigenvalue weighted by molar-refractivity contribution is 0.199. The van der Waals surface area contributed by atoms with E-state index in [-0.39, 0.29) is 0 Å². The molecular formula is C44H64O9P3+. The van der Waals surface area contributed by atoms with Crippen molar-refractivity contribution in [3.05, 3.63) is 96.1 Å². The zero-order chi connectivity index (χ0) is 39.7. The van der Waals surface area contributed by atoms with E-state index >= 15 is 0 Å². The second-order valence-corrected chi connectivity index (χ2v) is 19.6. The van der Waals surface area contributed by atoms with Crippen molar-refractivity contribution >= 4 is 45.0 Å². The fraction of sp³-hybridized carbons (Fsp3) is 0.545. The van der Waals surface area contributed by atoms with E-state index in [4.69, 9.17) is 27.1 Å². The number of aryl methyl sites for hydroxylation is 2. The monoisotopic (exact) mass is 829 g/mol. The Balaban J connectivity index is 1.00. The largest absolute Gasteiger partial charge is 0.697 e. The van der Waals surface area contributed by atoms with Gasteiger partial charge in [-0.2, -0.15) is 0 Å². The summed E-state index contributed by atoms with van der Waals surface area (Å²) < 4.78 is 72.8. The molecule has 0 spiro atoms. The van der Waals surface area contributed by atoms with Crippen molar-refractivity contribution in [2.75, 3.05) is 52.0 Å². The Morgan fingerprint density at radius 1 is 0.446 bits per heavy atom. The normalized spacial score (nSPS) is 14.2. The summed E-state index contributed by atoms with van der Waals surface area (Å²) in [6.45, 7) is 6.19. The van der Waals surface area contributed by atoms with Crippen LogP contribution in [0.5, 0.6) is 0 Å². The van der Waals surface area contributed by atoms with Gasteiger partial charge in [0.2, 0.25) is 0 Å². The molecule has 9 nitrogen and oxygen atoms in total. The second-order valence-electron chi connectivity index (χ2n) is 14.3. The average Bonchev–Trinajstić information content (AvgIpc) is 3.21. The molecule has 0 aliphatic carbocycles. The highest BCUT2D eigenvalue weighted by molar-refractivity contribution is 7.54. The van der Waals surface area contributed by atoms with Gasteiger partial charge in [-0.15, -0.1) is 9.05 Å². The Bertz CT molecular complexity index is 1690. The van der Waals surface area contributed by atoms with Crippen LogP contribution in [-0.4, -0.2) is 52.0 Å². The van der Waals surface area contributed by atoms with Crippen LogP contribution in [0, 0.1) is 0 Å². The van der Waals surface area contributed by atoms with E-state index in [1.807, 2.05) is 13.8 Å². The van der Waals surface area contributed by atoms with Gasteiger partial charge < -0.3 is 18.1 Å². The van der Waals surface area contributed by atoms with Crippen molar-refractivity contribution in [1.29, 1.82) is 0 Å². The molecule has 0 saturated heterocycles. The van der Waals surface area contributed by atoms with Gasteiger partial charge in [-0.25, -0.2) is 0 Å². The van der Waals surface area contributed by atoms with Crippen molar-refractivity contribution in [3.63, 3.8) is 0 Å². The van der Waals surface area contributed by atoms with Gasteiger partial charge in [0.05, 0.1) is 38.8 Å². The van der Waals surface area contributed by atoms with Crippen LogP contribution >= 0.6 is 23.4 Å². The second kappa shape index (κ2) is 26.7. The molecule has 0 aromatic heterocycles. The third-order valence-electron chi connectivity index (χ3n) is 9.45. The molecule has 308 valence electrons. The first-order chi connectivity index (χ1) is 27.3. The molecule has 0 saturated carbocycles. The molecular weight excluding hydrogens is 765 g/mol. The van der Waals surface area contributed by atoms with E-state index in [0.717, 1.165) is 64.2 Å². The molecule has 0 radical (unpaired) electrons. The predicted molar refractivity (Wildman–Crippen MR) is 230 cm³/mol. The summed E-state index contributed by atoms with van der Waals surface area (Å²) in [6.07, 6.45) is 11.8. The Kier molecular flexibility index (Phi) is 22.1. The number of unbranched alkanes of at least 4 members (excludes halogenated alkanes) is 6. The van der Waals surface area contributed by atoms with Crippen LogP contribution in [0.15, 0.2) is 84.9 Å². The van der Waals surface area contributed by atoms with Crippen LogP contribution in [-0.2, 0) is 53.7 Å². The van der Waals surface area contributed by atoms with Gasteiger partial charge in [0, 0.05) is 4.57 Å². The minimum atomic E-state index is -3.17. The summed E-state index contributed by atoms with van der Waals surface area (Å²) in [5.74, 6) is 0. The molecule has 0 aliphatic heterocycles. The maximum atomic E-state index is 13.4. The number of rotatable bonds is 32. The highest BCUT2D eigenvalue weighted by Gasteiger charge is 2.25. The van der Waals surface area contributed by atoms with Crippen molar-refractivity contribution in [1.82, 2.24) is 0 Å². The van der Waals surface area contributed by atoms with Crippen LogP contribution in [0.2, 0.25) is 0 Å². The summed E-state index contributed by atoms with van der Waals surface area (Å²) in [6, 6.07) is 29.9. The minimum absolute atomic E-state index is 0.294. The summed E-state index contributed by atoms with van der Waals surface area (Å²) in [5.41, 5.74) is 2.59. The van der Waals surface area contributed by atoms with Crippen molar-refractivity contribution in [2.24, 2.45) is 0 Å². The number of hydrogen-bond acceptors (Lipinski definition) is 9. The third-order valence-corrected chi connectivity index (χ3v) is 14.3. The summed E-state index contributed by atoms with van der Waals surface area (Å²) in [4.78, 5) is 0. The maximum Gasteiger partial charge on any atom is 0.697 e. The van der Waals surface area contributed by atoms with Gasteiger partial charge in [0.1, 0.15) is 13.2 Å². The van der Waals surface area contributed by atoms with E-state index in [9.17, 15) is 13.7 Å². The molecule has 4 rings (SSSR count). The van der Waals surface area contributed by atoms with Crippen LogP contribution in [0.1, 0.15) is 102 Å².